The number of hydrogen-bond acceptors (Lipinski definition) is 0. The molecule has 5 rings (SSSR count). The summed E-state index contributed by atoms with van der Waals surface area (Å²) in [6.07, 6.45) is 2.45. The Labute approximate surface area is 126 Å². The Hall–Kier alpha value is -1.86. The fourth-order valence-electron chi connectivity index (χ4n) is 4.50. The third kappa shape index (κ3) is 1.31. The Balaban J connectivity index is 2.03. The van der Waals surface area contributed by atoms with Gasteiger partial charge in [-0.2, -0.15) is 0 Å². The van der Waals surface area contributed by atoms with Crippen LogP contribution in [0, 0.1) is 0 Å². The second-order valence-electron chi connectivity index (χ2n) is 6.97. The maximum atomic E-state index is 2.56. The molecule has 0 saturated carbocycles. The smallest absolute Gasteiger partial charge is 0.0623 e. The van der Waals surface area contributed by atoms with Crippen LogP contribution < -0.4 is 10.4 Å². The van der Waals surface area contributed by atoms with Gasteiger partial charge in [0.1, 0.15) is 8.07 Å². The molecule has 3 aromatic rings. The van der Waals surface area contributed by atoms with Crippen molar-refractivity contribution in [2.75, 3.05) is 0 Å². The van der Waals surface area contributed by atoms with Gasteiger partial charge in [0.2, 0.25) is 0 Å². The van der Waals surface area contributed by atoms with Crippen molar-refractivity contribution in [3.63, 3.8) is 0 Å². The minimum absolute atomic E-state index is 1.22. The molecule has 1 heterocycles. The summed E-state index contributed by atoms with van der Waals surface area (Å²) in [5, 5.41) is 6.33. The van der Waals surface area contributed by atoms with Gasteiger partial charge in [-0.1, -0.05) is 61.6 Å². The lowest BCUT2D eigenvalue weighted by Crippen LogP contribution is -2.49. The highest BCUT2D eigenvalue weighted by Crippen LogP contribution is 2.39. The van der Waals surface area contributed by atoms with E-state index in [1.165, 1.54) is 23.8 Å². The summed E-state index contributed by atoms with van der Waals surface area (Å²) >= 11 is 0. The van der Waals surface area contributed by atoms with E-state index in [1.807, 2.05) is 0 Å². The Morgan fingerprint density at radius 1 is 0.810 bits per heavy atom. The second-order valence-corrected chi connectivity index (χ2v) is 11.3. The van der Waals surface area contributed by atoms with Crippen LogP contribution in [0.2, 0.25) is 13.1 Å². The maximum absolute atomic E-state index is 2.56. The van der Waals surface area contributed by atoms with E-state index >= 15 is 0 Å². The summed E-state index contributed by atoms with van der Waals surface area (Å²) in [4.78, 5) is 0. The molecule has 0 amide bonds. The lowest BCUT2D eigenvalue weighted by Gasteiger charge is -2.19. The summed E-state index contributed by atoms with van der Waals surface area (Å²) in [5.41, 5.74) is 6.19. The van der Waals surface area contributed by atoms with Crippen LogP contribution in [0.15, 0.2) is 48.5 Å². The first-order chi connectivity index (χ1) is 10.2. The van der Waals surface area contributed by atoms with Crippen molar-refractivity contribution in [1.82, 2.24) is 0 Å². The number of fused-ring (bicyclic) bond motifs is 4. The van der Waals surface area contributed by atoms with Gasteiger partial charge in [-0.25, -0.2) is 0 Å². The zero-order valence-corrected chi connectivity index (χ0v) is 13.5. The van der Waals surface area contributed by atoms with Gasteiger partial charge in [-0.05, 0) is 56.2 Å². The van der Waals surface area contributed by atoms with Crippen molar-refractivity contribution in [3.8, 4) is 11.1 Å². The molecule has 1 aliphatic heterocycles. The van der Waals surface area contributed by atoms with Crippen LogP contribution >= 0.6 is 0 Å². The summed E-state index contributed by atoms with van der Waals surface area (Å²) in [5.74, 6) is 0. The lowest BCUT2D eigenvalue weighted by molar-refractivity contribution is 1.02. The Morgan fingerprint density at radius 2 is 1.62 bits per heavy atom. The van der Waals surface area contributed by atoms with Crippen molar-refractivity contribution >= 4 is 29.2 Å². The molecule has 0 fully saturated rings. The molecule has 0 aromatic heterocycles. The van der Waals surface area contributed by atoms with Gasteiger partial charge >= 0.3 is 0 Å². The molecule has 2 aliphatic rings. The van der Waals surface area contributed by atoms with Crippen molar-refractivity contribution < 1.29 is 0 Å². The quantitative estimate of drug-likeness (QED) is 0.552. The van der Waals surface area contributed by atoms with Crippen LogP contribution in [0.1, 0.15) is 11.1 Å². The van der Waals surface area contributed by atoms with Crippen molar-refractivity contribution in [2.24, 2.45) is 0 Å². The summed E-state index contributed by atoms with van der Waals surface area (Å²) in [6.45, 7) is 5.02. The van der Waals surface area contributed by atoms with Crippen molar-refractivity contribution in [1.29, 1.82) is 0 Å². The number of rotatable bonds is 0. The second kappa shape index (κ2) is 3.66. The average molecular weight is 286 g/mol. The zero-order chi connectivity index (χ0) is 14.2. The van der Waals surface area contributed by atoms with E-state index in [4.69, 9.17) is 0 Å². The van der Waals surface area contributed by atoms with Gasteiger partial charge in [-0.3, -0.25) is 0 Å². The molecule has 0 N–H and O–H groups in total. The normalized spacial score (nSPS) is 17.0. The van der Waals surface area contributed by atoms with Gasteiger partial charge in [0.25, 0.3) is 0 Å². The third-order valence-electron chi connectivity index (χ3n) is 5.54. The van der Waals surface area contributed by atoms with Gasteiger partial charge in [0.15, 0.2) is 0 Å². The number of aryl methyl sites for hydroxylation is 2. The molecule has 0 nitrogen and oxygen atoms in total. The van der Waals surface area contributed by atoms with Crippen LogP contribution in [0.4, 0.5) is 0 Å². The van der Waals surface area contributed by atoms with E-state index in [1.54, 1.807) is 32.5 Å². The van der Waals surface area contributed by atoms with E-state index in [2.05, 4.69) is 61.6 Å². The highest BCUT2D eigenvalue weighted by molar-refractivity contribution is 7.04. The Kier molecular flexibility index (Phi) is 2.05. The molecule has 21 heavy (non-hydrogen) atoms. The van der Waals surface area contributed by atoms with Crippen LogP contribution in [-0.2, 0) is 12.8 Å². The zero-order valence-electron chi connectivity index (χ0n) is 12.5. The molecule has 0 saturated heterocycles. The number of benzene rings is 3. The minimum atomic E-state index is -1.52. The molecule has 0 unspecified atom stereocenters. The summed E-state index contributed by atoms with van der Waals surface area (Å²) in [6, 6.07) is 18.6. The highest BCUT2D eigenvalue weighted by atomic mass is 28.3. The van der Waals surface area contributed by atoms with Crippen LogP contribution in [0.3, 0.4) is 0 Å². The lowest BCUT2D eigenvalue weighted by atomic mass is 9.95. The van der Waals surface area contributed by atoms with Gasteiger partial charge in [0, 0.05) is 0 Å². The number of hydrogen-bond donors (Lipinski definition) is 0. The average Bonchev–Trinajstić information content (AvgIpc) is 3.01. The molecular formula is C20H18Si. The molecule has 1 aliphatic carbocycles. The minimum Gasteiger partial charge on any atom is -0.0623 e. The standard InChI is InChI=1S/C20H18Si/c1-21(2)17-9-4-3-7-15(17)20-16-8-5-6-13-10-11-14(19(13)16)12-18(20)21/h3-9,12H,10-11H2,1-2H3. The highest BCUT2D eigenvalue weighted by Gasteiger charge is 2.39. The molecule has 0 atom stereocenters. The fraction of sp³-hybridized carbons (Fsp3) is 0.200. The predicted molar refractivity (Wildman–Crippen MR) is 93.5 cm³/mol. The third-order valence-corrected chi connectivity index (χ3v) is 9.06. The Bertz CT molecular complexity index is 919. The van der Waals surface area contributed by atoms with Crippen LogP contribution in [-0.4, -0.2) is 8.07 Å². The Morgan fingerprint density at radius 3 is 2.52 bits per heavy atom. The van der Waals surface area contributed by atoms with Gasteiger partial charge < -0.3 is 0 Å². The van der Waals surface area contributed by atoms with Crippen molar-refractivity contribution in [2.45, 2.75) is 25.9 Å². The first-order valence-corrected chi connectivity index (χ1v) is 10.9. The SMILES string of the molecule is C[Si]1(C)c2ccccc2-c2c1cc1c3c(cccc23)CC1. The van der Waals surface area contributed by atoms with E-state index in [0.29, 0.717) is 0 Å². The fourth-order valence-corrected chi connectivity index (χ4v) is 7.61. The monoisotopic (exact) mass is 286 g/mol. The molecule has 102 valence electrons. The van der Waals surface area contributed by atoms with Crippen LogP contribution in [0.25, 0.3) is 21.9 Å². The maximum Gasteiger partial charge on any atom is 0.113 e. The molecular weight excluding hydrogens is 268 g/mol. The van der Waals surface area contributed by atoms with Gasteiger partial charge in [-0.15, -0.1) is 0 Å². The molecule has 0 radical (unpaired) electrons. The van der Waals surface area contributed by atoms with Crippen LogP contribution in [0.5, 0.6) is 0 Å². The molecule has 3 aromatic carbocycles. The summed E-state index contributed by atoms with van der Waals surface area (Å²) < 4.78 is 0. The largest absolute Gasteiger partial charge is 0.113 e. The first kappa shape index (κ1) is 11.8. The topological polar surface area (TPSA) is 0 Å². The summed E-state index contributed by atoms with van der Waals surface area (Å²) in [7, 11) is -1.52. The predicted octanol–water partition coefficient (Wildman–Crippen LogP) is 3.74. The van der Waals surface area contributed by atoms with Gasteiger partial charge in [0.05, 0.1) is 0 Å². The molecule has 1 heteroatoms. The van der Waals surface area contributed by atoms with E-state index in [0.717, 1.165) is 0 Å². The van der Waals surface area contributed by atoms with E-state index in [9.17, 15) is 0 Å². The van der Waals surface area contributed by atoms with E-state index in [-0.39, 0.29) is 0 Å². The first-order valence-electron chi connectivity index (χ1n) is 7.86. The molecule has 0 spiro atoms. The molecule has 0 bridgehead atoms. The van der Waals surface area contributed by atoms with E-state index < -0.39 is 8.07 Å². The van der Waals surface area contributed by atoms with Crippen molar-refractivity contribution in [3.05, 3.63) is 59.7 Å².